The van der Waals surface area contributed by atoms with E-state index in [0.717, 1.165) is 41.5 Å². The second kappa shape index (κ2) is 12.0. The molecule has 0 bridgehead atoms. The van der Waals surface area contributed by atoms with Crippen molar-refractivity contribution in [2.24, 2.45) is 5.92 Å². The number of carbonyl (C=O) groups is 3. The Morgan fingerprint density at radius 1 is 1.17 bits per heavy atom. The van der Waals surface area contributed by atoms with Crippen LogP contribution in [-0.4, -0.2) is 52.7 Å². The van der Waals surface area contributed by atoms with Crippen LogP contribution in [0.4, 0.5) is 0 Å². The second-order valence-corrected chi connectivity index (χ2v) is 9.93. The molecule has 3 amide bonds. The number of nitrogens with zero attached hydrogens (tertiary/aromatic N) is 2. The Balaban J connectivity index is 1.67. The summed E-state index contributed by atoms with van der Waals surface area (Å²) in [6.07, 6.45) is 6.56. The van der Waals surface area contributed by atoms with Crippen molar-refractivity contribution in [2.75, 3.05) is 13.1 Å². The molecule has 0 aliphatic carbocycles. The van der Waals surface area contributed by atoms with Gasteiger partial charge in [0.2, 0.25) is 11.8 Å². The molecule has 3 rings (SSSR count). The van der Waals surface area contributed by atoms with Crippen LogP contribution in [0, 0.1) is 5.92 Å². The zero-order valence-corrected chi connectivity index (χ0v) is 21.9. The van der Waals surface area contributed by atoms with Gasteiger partial charge in [0.1, 0.15) is 12.1 Å². The number of rotatable bonds is 11. The van der Waals surface area contributed by atoms with E-state index in [0.29, 0.717) is 31.6 Å². The monoisotopic (exact) mass is 489 g/mol. The molecular formula is C30H39N3O3. The van der Waals surface area contributed by atoms with E-state index in [2.05, 4.69) is 32.0 Å². The molecule has 1 N–H and O–H groups in total. The van der Waals surface area contributed by atoms with Crippen molar-refractivity contribution in [3.8, 4) is 0 Å². The Morgan fingerprint density at radius 3 is 2.42 bits per heavy atom. The minimum Gasteiger partial charge on any atom is -0.350 e. The third kappa shape index (κ3) is 5.69. The van der Waals surface area contributed by atoms with Crippen molar-refractivity contribution >= 4 is 23.3 Å². The molecule has 0 saturated carbocycles. The van der Waals surface area contributed by atoms with Gasteiger partial charge in [-0.25, -0.2) is 0 Å². The average molecular weight is 490 g/mol. The summed E-state index contributed by atoms with van der Waals surface area (Å²) < 4.78 is 0. The molecule has 192 valence electrons. The van der Waals surface area contributed by atoms with Crippen LogP contribution in [0.5, 0.6) is 0 Å². The van der Waals surface area contributed by atoms with Crippen molar-refractivity contribution in [2.45, 2.75) is 65.1 Å². The number of benzene rings is 1. The van der Waals surface area contributed by atoms with E-state index in [4.69, 9.17) is 0 Å². The lowest BCUT2D eigenvalue weighted by molar-refractivity contribution is -0.147. The maximum absolute atomic E-state index is 13.7. The summed E-state index contributed by atoms with van der Waals surface area (Å²) in [5, 5.41) is 3.01. The first-order valence-corrected chi connectivity index (χ1v) is 12.9. The van der Waals surface area contributed by atoms with Gasteiger partial charge in [-0.2, -0.15) is 0 Å². The lowest BCUT2D eigenvalue weighted by atomic mass is 10.00. The highest BCUT2D eigenvalue weighted by atomic mass is 16.2. The molecule has 1 aromatic rings. The van der Waals surface area contributed by atoms with Gasteiger partial charge in [-0.3, -0.25) is 14.4 Å². The van der Waals surface area contributed by atoms with Gasteiger partial charge < -0.3 is 15.1 Å². The fraction of sp³-hybridized carbons (Fsp3) is 0.433. The first kappa shape index (κ1) is 27.2. The molecule has 2 unspecified atom stereocenters. The van der Waals surface area contributed by atoms with Crippen molar-refractivity contribution < 1.29 is 14.4 Å². The van der Waals surface area contributed by atoms with Gasteiger partial charge in [0, 0.05) is 25.2 Å². The molecule has 6 heteroatoms. The fourth-order valence-electron chi connectivity index (χ4n) is 5.11. The predicted octanol–water partition coefficient (Wildman–Crippen LogP) is 4.64. The summed E-state index contributed by atoms with van der Waals surface area (Å²) in [4.78, 5) is 43.2. The minimum absolute atomic E-state index is 0.109. The SMILES string of the molecule is C=CC1=C(C=C)C(=O)N(C(C(=O)N2CCCC2C(=O)NCc2ccc(C(=C)CCC)cc2)C(C)C)C1. The molecule has 36 heavy (non-hydrogen) atoms. The molecule has 0 radical (unpaired) electrons. The van der Waals surface area contributed by atoms with Gasteiger partial charge in [-0.05, 0) is 47.5 Å². The van der Waals surface area contributed by atoms with Crippen molar-refractivity contribution in [1.29, 1.82) is 0 Å². The van der Waals surface area contributed by atoms with E-state index in [1.807, 2.05) is 38.1 Å². The molecule has 2 atom stereocenters. The summed E-state index contributed by atoms with van der Waals surface area (Å²) in [7, 11) is 0. The summed E-state index contributed by atoms with van der Waals surface area (Å²) in [6.45, 7) is 18.9. The topological polar surface area (TPSA) is 69.7 Å². The van der Waals surface area contributed by atoms with E-state index in [1.165, 1.54) is 6.08 Å². The number of hydrogen-bond donors (Lipinski definition) is 1. The molecule has 1 aromatic carbocycles. The van der Waals surface area contributed by atoms with Crippen LogP contribution in [0.15, 0.2) is 67.3 Å². The first-order valence-electron chi connectivity index (χ1n) is 12.9. The van der Waals surface area contributed by atoms with Crippen molar-refractivity contribution in [3.63, 3.8) is 0 Å². The smallest absolute Gasteiger partial charge is 0.255 e. The Kier molecular flexibility index (Phi) is 9.08. The third-order valence-electron chi connectivity index (χ3n) is 7.07. The zero-order valence-electron chi connectivity index (χ0n) is 21.9. The standard InChI is InChI=1S/C30H39N3O3/c1-7-11-21(6)24-15-13-22(14-16-24)18-31-28(34)26-12-10-17-32(26)30(36)27(20(4)5)33-19-23(8-2)25(9-3)29(33)35/h8-9,13-16,20,26-27H,2-3,6-7,10-12,17-19H2,1,4-5H3,(H,31,34). The van der Waals surface area contributed by atoms with Gasteiger partial charge in [-0.15, -0.1) is 0 Å². The van der Waals surface area contributed by atoms with Crippen molar-refractivity contribution in [1.82, 2.24) is 15.1 Å². The number of carbonyl (C=O) groups excluding carboxylic acids is 3. The molecule has 2 aliphatic rings. The average Bonchev–Trinajstić information content (AvgIpc) is 3.47. The van der Waals surface area contributed by atoms with Gasteiger partial charge in [0.25, 0.3) is 5.91 Å². The number of hydrogen-bond acceptors (Lipinski definition) is 3. The van der Waals surface area contributed by atoms with Crippen LogP contribution in [0.2, 0.25) is 0 Å². The fourth-order valence-corrected chi connectivity index (χ4v) is 5.11. The zero-order chi connectivity index (χ0) is 26.4. The van der Waals surface area contributed by atoms with Gasteiger partial charge in [-0.1, -0.05) is 83.3 Å². The van der Waals surface area contributed by atoms with Crippen LogP contribution < -0.4 is 5.32 Å². The maximum Gasteiger partial charge on any atom is 0.255 e. The van der Waals surface area contributed by atoms with Gasteiger partial charge in [0.05, 0.1) is 0 Å². The van der Waals surface area contributed by atoms with E-state index in [1.54, 1.807) is 15.9 Å². The quantitative estimate of drug-likeness (QED) is 0.492. The first-order chi connectivity index (χ1) is 17.2. The largest absolute Gasteiger partial charge is 0.350 e. The molecule has 1 saturated heterocycles. The third-order valence-corrected chi connectivity index (χ3v) is 7.07. The van der Waals surface area contributed by atoms with Crippen LogP contribution in [0.25, 0.3) is 5.57 Å². The highest BCUT2D eigenvalue weighted by Crippen LogP contribution is 2.29. The van der Waals surface area contributed by atoms with Gasteiger partial charge in [0.15, 0.2) is 0 Å². The molecular weight excluding hydrogens is 450 g/mol. The molecule has 0 aromatic heterocycles. The number of likely N-dealkylation sites (tertiary alicyclic amines) is 1. The van der Waals surface area contributed by atoms with E-state index in [-0.39, 0.29) is 23.6 Å². The predicted molar refractivity (Wildman–Crippen MR) is 145 cm³/mol. The van der Waals surface area contributed by atoms with E-state index >= 15 is 0 Å². The summed E-state index contributed by atoms with van der Waals surface area (Å²) >= 11 is 0. The summed E-state index contributed by atoms with van der Waals surface area (Å²) in [6, 6.07) is 6.89. The Hall–Kier alpha value is -3.41. The number of nitrogens with one attached hydrogen (secondary N) is 1. The Bertz CT molecular complexity index is 1070. The maximum atomic E-state index is 13.7. The van der Waals surface area contributed by atoms with Gasteiger partial charge >= 0.3 is 0 Å². The lowest BCUT2D eigenvalue weighted by Gasteiger charge is -2.35. The van der Waals surface area contributed by atoms with Crippen LogP contribution in [-0.2, 0) is 20.9 Å². The van der Waals surface area contributed by atoms with Crippen molar-refractivity contribution in [3.05, 3.63) is 78.4 Å². The summed E-state index contributed by atoms with van der Waals surface area (Å²) in [5.41, 5.74) is 4.48. The number of amides is 3. The molecule has 0 spiro atoms. The Labute approximate surface area is 215 Å². The molecule has 1 fully saturated rings. The second-order valence-electron chi connectivity index (χ2n) is 9.93. The highest BCUT2D eigenvalue weighted by Gasteiger charge is 2.43. The normalized spacial score (nSPS) is 18.6. The molecule has 2 heterocycles. The summed E-state index contributed by atoms with van der Waals surface area (Å²) in [5.74, 6) is -0.657. The number of allylic oxidation sites excluding steroid dienone is 1. The molecule has 6 nitrogen and oxygen atoms in total. The van der Waals surface area contributed by atoms with Crippen LogP contribution in [0.3, 0.4) is 0 Å². The van der Waals surface area contributed by atoms with Crippen LogP contribution in [0.1, 0.15) is 57.6 Å². The minimum atomic E-state index is -0.651. The van der Waals surface area contributed by atoms with Crippen LogP contribution >= 0.6 is 0 Å². The van der Waals surface area contributed by atoms with E-state index < -0.39 is 12.1 Å². The molecule has 2 aliphatic heterocycles. The Morgan fingerprint density at radius 2 is 1.86 bits per heavy atom. The lowest BCUT2D eigenvalue weighted by Crippen LogP contribution is -2.55. The van der Waals surface area contributed by atoms with E-state index in [9.17, 15) is 14.4 Å². The highest BCUT2D eigenvalue weighted by molar-refractivity contribution is 6.03.